The molecule has 0 heterocycles. The van der Waals surface area contributed by atoms with Crippen molar-refractivity contribution < 1.29 is 9.13 Å². The van der Waals surface area contributed by atoms with Gasteiger partial charge in [0.25, 0.3) is 5.69 Å². The zero-order chi connectivity index (χ0) is 16.3. The highest BCUT2D eigenvalue weighted by Crippen LogP contribution is 2.37. The number of benzene rings is 3. The summed E-state index contributed by atoms with van der Waals surface area (Å²) in [5.74, 6) is 0. The number of nitrogens with zero attached hydrogens (tertiary/aromatic N) is 1. The maximum Gasteiger partial charge on any atom is 0.274 e. The largest absolute Gasteiger partial charge is 0.274 e. The van der Waals surface area contributed by atoms with Crippen molar-refractivity contribution in [1.82, 2.24) is 0 Å². The normalized spacial score (nSPS) is 11.1. The summed E-state index contributed by atoms with van der Waals surface area (Å²) >= 11 is 0. The standard InChI is InChI=1S/C18H14NO3S/c20-19(21)15-8-7-13-18(14-15)23(22,16-9-3-1-4-10-16)17-11-5-2-6-12-17/h1-14H/q+1. The fourth-order valence-electron chi connectivity index (χ4n) is 2.41. The van der Waals surface area contributed by atoms with Gasteiger partial charge in [-0.05, 0) is 30.3 Å². The second kappa shape index (κ2) is 6.14. The Labute approximate surface area is 135 Å². The van der Waals surface area contributed by atoms with Crippen molar-refractivity contribution in [3.8, 4) is 0 Å². The lowest BCUT2D eigenvalue weighted by atomic mass is 10.3. The van der Waals surface area contributed by atoms with Gasteiger partial charge in [-0.15, -0.1) is 0 Å². The van der Waals surface area contributed by atoms with Crippen LogP contribution in [0.4, 0.5) is 5.69 Å². The molecule has 0 radical (unpaired) electrons. The topological polar surface area (TPSA) is 60.2 Å². The molecule has 0 aromatic heterocycles. The highest BCUT2D eigenvalue weighted by molar-refractivity contribution is 8.03. The Morgan fingerprint density at radius 1 is 0.696 bits per heavy atom. The maximum atomic E-state index is 13.9. The molecule has 4 nitrogen and oxygen atoms in total. The van der Waals surface area contributed by atoms with Crippen LogP contribution >= 0.6 is 0 Å². The molecule has 0 aliphatic rings. The van der Waals surface area contributed by atoms with Crippen molar-refractivity contribution in [2.45, 2.75) is 14.7 Å². The number of rotatable bonds is 4. The summed E-state index contributed by atoms with van der Waals surface area (Å²) in [7, 11) is -2.79. The van der Waals surface area contributed by atoms with Crippen molar-refractivity contribution in [1.29, 1.82) is 0 Å². The monoisotopic (exact) mass is 324 g/mol. The number of non-ortho nitro benzene ring substituents is 1. The van der Waals surface area contributed by atoms with Crippen LogP contribution in [0, 0.1) is 10.1 Å². The second-order valence-electron chi connectivity index (χ2n) is 4.94. The van der Waals surface area contributed by atoms with E-state index in [1.807, 2.05) is 36.4 Å². The SMILES string of the molecule is O=[N+]([O-])c1cccc([S+](=O)(c2ccccc2)c2ccccc2)c1. The van der Waals surface area contributed by atoms with Gasteiger partial charge in [0, 0.05) is 6.07 Å². The summed E-state index contributed by atoms with van der Waals surface area (Å²) in [6, 6.07) is 24.1. The summed E-state index contributed by atoms with van der Waals surface area (Å²) in [5, 5.41) is 11.1. The van der Waals surface area contributed by atoms with Crippen LogP contribution in [0.2, 0.25) is 0 Å². The first-order valence-electron chi connectivity index (χ1n) is 7.01. The van der Waals surface area contributed by atoms with Gasteiger partial charge in [-0.3, -0.25) is 10.1 Å². The Morgan fingerprint density at radius 3 is 1.65 bits per heavy atom. The van der Waals surface area contributed by atoms with Gasteiger partial charge in [-0.1, -0.05) is 46.7 Å². The van der Waals surface area contributed by atoms with Gasteiger partial charge >= 0.3 is 0 Å². The van der Waals surface area contributed by atoms with Gasteiger partial charge in [-0.2, -0.15) is 0 Å². The van der Waals surface area contributed by atoms with Crippen LogP contribution < -0.4 is 0 Å². The van der Waals surface area contributed by atoms with E-state index in [0.717, 1.165) is 0 Å². The van der Waals surface area contributed by atoms with E-state index in [1.54, 1.807) is 36.4 Å². The summed E-state index contributed by atoms with van der Waals surface area (Å²) < 4.78 is 13.9. The zero-order valence-electron chi connectivity index (χ0n) is 12.2. The quantitative estimate of drug-likeness (QED) is 0.401. The van der Waals surface area contributed by atoms with E-state index in [0.29, 0.717) is 14.7 Å². The van der Waals surface area contributed by atoms with Crippen LogP contribution in [0.3, 0.4) is 0 Å². The number of nitro benzene ring substituents is 1. The van der Waals surface area contributed by atoms with Gasteiger partial charge < -0.3 is 0 Å². The Morgan fingerprint density at radius 2 is 1.17 bits per heavy atom. The van der Waals surface area contributed by atoms with E-state index >= 15 is 0 Å². The van der Waals surface area contributed by atoms with Crippen molar-refractivity contribution in [2.75, 3.05) is 0 Å². The molecule has 0 fully saturated rings. The molecule has 3 aromatic carbocycles. The van der Waals surface area contributed by atoms with E-state index in [4.69, 9.17) is 0 Å². The highest BCUT2D eigenvalue weighted by Gasteiger charge is 2.38. The lowest BCUT2D eigenvalue weighted by molar-refractivity contribution is -0.385. The molecule has 0 atom stereocenters. The molecule has 0 aliphatic heterocycles. The molecule has 0 saturated heterocycles. The summed E-state index contributed by atoms with van der Waals surface area (Å²) in [6.07, 6.45) is 0. The molecule has 114 valence electrons. The number of nitro groups is 1. The Hall–Kier alpha value is -2.79. The molecule has 0 saturated carbocycles. The second-order valence-corrected chi connectivity index (χ2v) is 7.46. The summed E-state index contributed by atoms with van der Waals surface area (Å²) in [6.45, 7) is 0. The smallest absolute Gasteiger partial charge is 0.258 e. The third-order valence-electron chi connectivity index (χ3n) is 3.51. The first-order chi connectivity index (χ1) is 11.1. The molecule has 0 aliphatic carbocycles. The molecule has 0 N–H and O–H groups in total. The molecule has 0 unspecified atom stereocenters. The average molecular weight is 324 g/mol. The molecule has 23 heavy (non-hydrogen) atoms. The minimum atomic E-state index is -2.79. The Balaban J connectivity index is 2.28. The third kappa shape index (κ3) is 2.78. The fraction of sp³-hybridized carbons (Fsp3) is 0. The predicted octanol–water partition coefficient (Wildman–Crippen LogP) is 4.57. The minimum absolute atomic E-state index is 0.0675. The van der Waals surface area contributed by atoms with Crippen molar-refractivity contribution in [2.24, 2.45) is 0 Å². The van der Waals surface area contributed by atoms with Crippen LogP contribution in [0.25, 0.3) is 0 Å². The molecular formula is C18H14NO3S+. The van der Waals surface area contributed by atoms with Crippen molar-refractivity contribution >= 4 is 15.6 Å². The van der Waals surface area contributed by atoms with Crippen molar-refractivity contribution in [3.63, 3.8) is 0 Å². The van der Waals surface area contributed by atoms with Crippen molar-refractivity contribution in [3.05, 3.63) is 95.0 Å². The van der Waals surface area contributed by atoms with Crippen LogP contribution in [0.1, 0.15) is 0 Å². The van der Waals surface area contributed by atoms with Crippen LogP contribution in [-0.2, 0) is 14.1 Å². The lowest BCUT2D eigenvalue weighted by Crippen LogP contribution is -2.13. The first-order valence-corrected chi connectivity index (χ1v) is 8.57. The molecule has 5 heteroatoms. The summed E-state index contributed by atoms with van der Waals surface area (Å²) in [5.41, 5.74) is -0.0675. The molecule has 0 spiro atoms. The van der Waals surface area contributed by atoms with Crippen LogP contribution in [0.5, 0.6) is 0 Å². The fourth-order valence-corrected chi connectivity index (χ4v) is 4.86. The van der Waals surface area contributed by atoms with E-state index in [9.17, 15) is 14.3 Å². The number of hydrogen-bond acceptors (Lipinski definition) is 3. The zero-order valence-corrected chi connectivity index (χ0v) is 13.0. The minimum Gasteiger partial charge on any atom is -0.258 e. The average Bonchev–Trinajstić information content (AvgIpc) is 2.62. The van der Waals surface area contributed by atoms with Gasteiger partial charge in [0.2, 0.25) is 0 Å². The molecule has 3 aromatic rings. The van der Waals surface area contributed by atoms with E-state index in [1.165, 1.54) is 12.1 Å². The van der Waals surface area contributed by atoms with Crippen LogP contribution in [0.15, 0.2) is 99.6 Å². The molecular weight excluding hydrogens is 310 g/mol. The highest BCUT2D eigenvalue weighted by atomic mass is 32.2. The van der Waals surface area contributed by atoms with E-state index in [-0.39, 0.29) is 5.69 Å². The van der Waals surface area contributed by atoms with Gasteiger partial charge in [0.05, 0.1) is 11.0 Å². The van der Waals surface area contributed by atoms with E-state index in [2.05, 4.69) is 0 Å². The Kier molecular flexibility index (Phi) is 4.04. The van der Waals surface area contributed by atoms with Gasteiger partial charge in [0.15, 0.2) is 24.6 Å². The maximum absolute atomic E-state index is 13.9. The molecule has 0 bridgehead atoms. The summed E-state index contributed by atoms with van der Waals surface area (Å²) in [4.78, 5) is 12.3. The number of hydrogen-bond donors (Lipinski definition) is 0. The van der Waals surface area contributed by atoms with Gasteiger partial charge in [0.1, 0.15) is 0 Å². The lowest BCUT2D eigenvalue weighted by Gasteiger charge is -2.11. The van der Waals surface area contributed by atoms with Crippen LogP contribution in [-0.4, -0.2) is 4.92 Å². The first kappa shape index (κ1) is 15.1. The predicted molar refractivity (Wildman–Crippen MR) is 88.8 cm³/mol. The third-order valence-corrected chi connectivity index (χ3v) is 6.30. The Bertz CT molecular complexity index is 836. The van der Waals surface area contributed by atoms with Gasteiger partial charge in [-0.25, -0.2) is 0 Å². The molecule has 3 rings (SSSR count). The van der Waals surface area contributed by atoms with E-state index < -0.39 is 14.9 Å². The molecule has 0 amide bonds.